The van der Waals surface area contributed by atoms with E-state index in [-0.39, 0.29) is 5.97 Å². The van der Waals surface area contributed by atoms with Crippen LogP contribution in [0.25, 0.3) is 0 Å². The Hall–Kier alpha value is -1.32. The number of esters is 1. The molecule has 20 heavy (non-hydrogen) atoms. The molecule has 1 aromatic heterocycles. The van der Waals surface area contributed by atoms with Gasteiger partial charge in [0.15, 0.2) is 0 Å². The topological polar surface area (TPSA) is 35.1 Å². The van der Waals surface area contributed by atoms with Gasteiger partial charge in [-0.15, -0.1) is 0 Å². The zero-order valence-electron chi connectivity index (χ0n) is 13.2. The van der Waals surface area contributed by atoms with Crippen molar-refractivity contribution in [3.8, 4) is 0 Å². The van der Waals surface area contributed by atoms with E-state index in [1.165, 1.54) is 38.5 Å². The molecule has 0 bridgehead atoms. The van der Waals surface area contributed by atoms with Crippen molar-refractivity contribution in [1.82, 2.24) is 4.57 Å². The molecule has 1 heterocycles. The Kier molecular flexibility index (Phi) is 8.00. The van der Waals surface area contributed by atoms with Crippen LogP contribution in [0.15, 0.2) is 12.5 Å². The first-order valence-electron chi connectivity index (χ1n) is 7.86. The molecule has 0 aliphatic carbocycles. The molecule has 0 aliphatic rings. The number of carbonyl (C=O) groups excluding carboxylic acids is 1. The minimum Gasteiger partial charge on any atom is -0.469 e. The molecule has 4 heteroatoms. The predicted molar refractivity (Wildman–Crippen MR) is 79.4 cm³/mol. The highest BCUT2D eigenvalue weighted by molar-refractivity contribution is 5.69. The molecule has 0 spiro atoms. The SMILES string of the molecule is CCCCCCn1cc(CCC(=O)OC)[n+](CCC)c1. The number of hydrogen-bond acceptors (Lipinski definition) is 2. The van der Waals surface area contributed by atoms with E-state index in [4.69, 9.17) is 4.74 Å². The van der Waals surface area contributed by atoms with E-state index in [2.05, 4.69) is 35.5 Å². The van der Waals surface area contributed by atoms with Crippen LogP contribution in [-0.2, 0) is 29.0 Å². The lowest BCUT2D eigenvalue weighted by Gasteiger charge is -1.99. The van der Waals surface area contributed by atoms with Gasteiger partial charge in [0.05, 0.1) is 26.6 Å². The fourth-order valence-corrected chi connectivity index (χ4v) is 2.38. The standard InChI is InChI=1S/C16H29N2O2/c1-4-6-7-8-12-17-13-15(9-10-16(19)20-3)18(14-17)11-5-2/h13-14H,4-12H2,1-3H3/q+1. The first kappa shape index (κ1) is 16.7. The average Bonchev–Trinajstić information content (AvgIpc) is 2.83. The zero-order chi connectivity index (χ0) is 14.8. The Labute approximate surface area is 122 Å². The summed E-state index contributed by atoms with van der Waals surface area (Å²) in [6.45, 7) is 6.49. The monoisotopic (exact) mass is 281 g/mol. The maximum atomic E-state index is 11.3. The second-order valence-corrected chi connectivity index (χ2v) is 5.30. The summed E-state index contributed by atoms with van der Waals surface area (Å²) in [5.74, 6) is -0.135. The molecule has 1 aromatic rings. The van der Waals surface area contributed by atoms with Crippen molar-refractivity contribution in [1.29, 1.82) is 0 Å². The second kappa shape index (κ2) is 9.56. The number of unbranched alkanes of at least 4 members (excludes halogenated alkanes) is 3. The van der Waals surface area contributed by atoms with Crippen LogP contribution in [0.3, 0.4) is 0 Å². The second-order valence-electron chi connectivity index (χ2n) is 5.30. The molecule has 0 saturated carbocycles. The number of rotatable bonds is 10. The minimum absolute atomic E-state index is 0.135. The Bertz CT molecular complexity index is 399. The summed E-state index contributed by atoms with van der Waals surface area (Å²) in [6.07, 6.45) is 11.8. The fraction of sp³-hybridized carbons (Fsp3) is 0.750. The van der Waals surface area contributed by atoms with Gasteiger partial charge >= 0.3 is 5.97 Å². The third kappa shape index (κ3) is 5.76. The van der Waals surface area contributed by atoms with Gasteiger partial charge in [-0.3, -0.25) is 4.79 Å². The number of ether oxygens (including phenoxy) is 1. The molecule has 114 valence electrons. The van der Waals surface area contributed by atoms with Gasteiger partial charge in [0, 0.05) is 6.42 Å². The lowest BCUT2D eigenvalue weighted by Crippen LogP contribution is -2.35. The van der Waals surface area contributed by atoms with E-state index in [1.54, 1.807) is 0 Å². The fourth-order valence-electron chi connectivity index (χ4n) is 2.38. The third-order valence-electron chi connectivity index (χ3n) is 3.52. The third-order valence-corrected chi connectivity index (χ3v) is 3.52. The lowest BCUT2D eigenvalue weighted by molar-refractivity contribution is -0.703. The first-order chi connectivity index (χ1) is 9.71. The normalized spacial score (nSPS) is 10.8. The van der Waals surface area contributed by atoms with Gasteiger partial charge in [0.1, 0.15) is 11.9 Å². The van der Waals surface area contributed by atoms with Gasteiger partial charge in [0.2, 0.25) is 6.33 Å². The van der Waals surface area contributed by atoms with Gasteiger partial charge in [0.25, 0.3) is 0 Å². The molecule has 0 unspecified atom stereocenters. The summed E-state index contributed by atoms with van der Waals surface area (Å²) in [6, 6.07) is 0. The van der Waals surface area contributed by atoms with Crippen LogP contribution in [-0.4, -0.2) is 17.6 Å². The number of carbonyl (C=O) groups is 1. The maximum Gasteiger partial charge on any atom is 0.305 e. The van der Waals surface area contributed by atoms with Crippen molar-refractivity contribution < 1.29 is 14.1 Å². The summed E-state index contributed by atoms with van der Waals surface area (Å²) < 4.78 is 9.24. The van der Waals surface area contributed by atoms with E-state index in [0.717, 1.165) is 25.9 Å². The van der Waals surface area contributed by atoms with Crippen molar-refractivity contribution in [2.24, 2.45) is 0 Å². The van der Waals surface area contributed by atoms with Crippen LogP contribution in [0.5, 0.6) is 0 Å². The molecule has 0 N–H and O–H groups in total. The van der Waals surface area contributed by atoms with Crippen molar-refractivity contribution in [2.45, 2.75) is 71.9 Å². The molecular formula is C16H29N2O2+. The Morgan fingerprint density at radius 3 is 2.70 bits per heavy atom. The highest BCUT2D eigenvalue weighted by Gasteiger charge is 2.14. The van der Waals surface area contributed by atoms with Crippen molar-refractivity contribution >= 4 is 5.97 Å². The molecule has 0 atom stereocenters. The van der Waals surface area contributed by atoms with Gasteiger partial charge in [-0.1, -0.05) is 26.7 Å². The number of hydrogen-bond donors (Lipinski definition) is 0. The van der Waals surface area contributed by atoms with Crippen molar-refractivity contribution in [3.63, 3.8) is 0 Å². The number of aryl methyl sites for hydroxylation is 3. The number of methoxy groups -OCH3 is 1. The van der Waals surface area contributed by atoms with E-state index in [9.17, 15) is 4.79 Å². The summed E-state index contributed by atoms with van der Waals surface area (Å²) >= 11 is 0. The number of nitrogens with zero attached hydrogens (tertiary/aromatic N) is 2. The molecule has 1 rings (SSSR count). The van der Waals surface area contributed by atoms with Crippen LogP contribution in [0.2, 0.25) is 0 Å². The smallest absolute Gasteiger partial charge is 0.305 e. The van der Waals surface area contributed by atoms with Crippen LogP contribution in [0, 0.1) is 0 Å². The summed E-state index contributed by atoms with van der Waals surface area (Å²) in [4.78, 5) is 11.3. The van der Waals surface area contributed by atoms with Gasteiger partial charge < -0.3 is 4.74 Å². The maximum absolute atomic E-state index is 11.3. The summed E-state index contributed by atoms with van der Waals surface area (Å²) in [5, 5.41) is 0. The lowest BCUT2D eigenvalue weighted by atomic mass is 10.2. The molecule has 0 saturated heterocycles. The van der Waals surface area contributed by atoms with Crippen LogP contribution < -0.4 is 4.57 Å². The van der Waals surface area contributed by atoms with E-state index >= 15 is 0 Å². The largest absolute Gasteiger partial charge is 0.469 e. The number of imidazole rings is 1. The number of aromatic nitrogens is 2. The van der Waals surface area contributed by atoms with Crippen LogP contribution in [0.4, 0.5) is 0 Å². The Morgan fingerprint density at radius 1 is 1.25 bits per heavy atom. The van der Waals surface area contributed by atoms with Crippen molar-refractivity contribution in [3.05, 3.63) is 18.2 Å². The highest BCUT2D eigenvalue weighted by atomic mass is 16.5. The average molecular weight is 281 g/mol. The Balaban J connectivity index is 2.57. The molecule has 4 nitrogen and oxygen atoms in total. The molecule has 0 fully saturated rings. The van der Waals surface area contributed by atoms with Gasteiger partial charge in [-0.05, 0) is 19.3 Å². The van der Waals surface area contributed by atoms with E-state index in [1.807, 2.05) is 0 Å². The summed E-state index contributed by atoms with van der Waals surface area (Å²) in [5.41, 5.74) is 1.23. The molecule has 0 aromatic carbocycles. The van der Waals surface area contributed by atoms with Gasteiger partial charge in [-0.25, -0.2) is 9.13 Å². The molecule has 0 amide bonds. The minimum atomic E-state index is -0.135. The van der Waals surface area contributed by atoms with Crippen LogP contribution in [0.1, 0.15) is 58.1 Å². The molecule has 0 radical (unpaired) electrons. The Morgan fingerprint density at radius 2 is 2.05 bits per heavy atom. The first-order valence-corrected chi connectivity index (χ1v) is 7.86. The molecule has 0 aliphatic heterocycles. The van der Waals surface area contributed by atoms with E-state index in [0.29, 0.717) is 6.42 Å². The zero-order valence-corrected chi connectivity index (χ0v) is 13.2. The quantitative estimate of drug-likeness (QED) is 0.375. The summed E-state index contributed by atoms with van der Waals surface area (Å²) in [7, 11) is 1.45. The highest BCUT2D eigenvalue weighted by Crippen LogP contribution is 2.05. The van der Waals surface area contributed by atoms with Gasteiger partial charge in [-0.2, -0.15) is 0 Å². The van der Waals surface area contributed by atoms with Crippen LogP contribution >= 0.6 is 0 Å². The van der Waals surface area contributed by atoms with Crippen molar-refractivity contribution in [2.75, 3.05) is 7.11 Å². The molecular weight excluding hydrogens is 252 g/mol. The van der Waals surface area contributed by atoms with E-state index < -0.39 is 0 Å². The predicted octanol–water partition coefficient (Wildman–Crippen LogP) is 2.87.